The molecule has 2 rings (SSSR count). The fourth-order valence-corrected chi connectivity index (χ4v) is 2.01. The van der Waals surface area contributed by atoms with Gasteiger partial charge in [0.2, 0.25) is 0 Å². The highest BCUT2D eigenvalue weighted by Crippen LogP contribution is 2.19. The van der Waals surface area contributed by atoms with Gasteiger partial charge in [-0.15, -0.1) is 0 Å². The molecule has 0 bridgehead atoms. The molecule has 0 saturated heterocycles. The zero-order chi connectivity index (χ0) is 14.7. The smallest absolute Gasteiger partial charge is 0.253 e. The van der Waals surface area contributed by atoms with Gasteiger partial charge in [0.25, 0.3) is 5.91 Å². The molecule has 1 unspecified atom stereocenters. The molecule has 3 N–H and O–H groups in total. The van der Waals surface area contributed by atoms with Crippen LogP contribution < -0.4 is 11.1 Å². The molecule has 0 fully saturated rings. The van der Waals surface area contributed by atoms with Gasteiger partial charge in [-0.25, -0.2) is 4.39 Å². The summed E-state index contributed by atoms with van der Waals surface area (Å²) in [7, 11) is 0. The predicted octanol–water partition coefficient (Wildman–Crippen LogP) is 3.21. The van der Waals surface area contributed by atoms with E-state index in [0.29, 0.717) is 16.8 Å². The molecule has 0 saturated carbocycles. The van der Waals surface area contributed by atoms with Crippen molar-refractivity contribution in [2.24, 2.45) is 0 Å². The summed E-state index contributed by atoms with van der Waals surface area (Å²) >= 11 is 0. The highest BCUT2D eigenvalue weighted by molar-refractivity contribution is 5.99. The number of carbonyl (C=O) groups excluding carboxylic acids is 1. The van der Waals surface area contributed by atoms with E-state index >= 15 is 0 Å². The number of para-hydroxylation sites is 1. The van der Waals surface area contributed by atoms with Crippen molar-refractivity contribution in [3.63, 3.8) is 0 Å². The number of nitrogens with one attached hydrogen (secondary N) is 1. The first-order chi connectivity index (χ1) is 9.49. The Balaban J connectivity index is 2.17. The van der Waals surface area contributed by atoms with Gasteiger partial charge >= 0.3 is 0 Å². The SMILES string of the molecule is Cc1cccc(C(=O)NC(C)c2cccc(F)c2)c1N. The molecule has 1 atom stereocenters. The molecule has 0 radical (unpaired) electrons. The largest absolute Gasteiger partial charge is 0.398 e. The van der Waals surface area contributed by atoms with Gasteiger partial charge in [0, 0.05) is 5.69 Å². The number of hydrogen-bond acceptors (Lipinski definition) is 2. The normalized spacial score (nSPS) is 11.9. The highest BCUT2D eigenvalue weighted by Gasteiger charge is 2.14. The van der Waals surface area contributed by atoms with Crippen molar-refractivity contribution in [2.75, 3.05) is 5.73 Å². The maximum Gasteiger partial charge on any atom is 0.253 e. The summed E-state index contributed by atoms with van der Waals surface area (Å²) in [6.45, 7) is 3.65. The molecule has 4 heteroatoms. The number of nitrogens with two attached hydrogens (primary N) is 1. The number of anilines is 1. The Kier molecular flexibility index (Phi) is 4.03. The Morgan fingerprint density at radius 3 is 2.65 bits per heavy atom. The van der Waals surface area contributed by atoms with Crippen molar-refractivity contribution in [1.82, 2.24) is 5.32 Å². The van der Waals surface area contributed by atoms with Gasteiger partial charge in [-0.3, -0.25) is 4.79 Å². The second-order valence-corrected chi connectivity index (χ2v) is 4.79. The van der Waals surface area contributed by atoms with Gasteiger partial charge in [0.05, 0.1) is 11.6 Å². The maximum atomic E-state index is 13.2. The van der Waals surface area contributed by atoms with Crippen molar-refractivity contribution in [2.45, 2.75) is 19.9 Å². The lowest BCUT2D eigenvalue weighted by Crippen LogP contribution is -2.27. The fraction of sp³-hybridized carbons (Fsp3) is 0.188. The van der Waals surface area contributed by atoms with Crippen molar-refractivity contribution < 1.29 is 9.18 Å². The minimum Gasteiger partial charge on any atom is -0.398 e. The zero-order valence-corrected chi connectivity index (χ0v) is 11.5. The molecule has 0 aromatic heterocycles. The number of nitrogen functional groups attached to an aromatic ring is 1. The molecular formula is C16H17FN2O. The van der Waals surface area contributed by atoms with Crippen molar-refractivity contribution in [1.29, 1.82) is 0 Å². The Hall–Kier alpha value is -2.36. The minimum atomic E-state index is -0.321. The number of aryl methyl sites for hydroxylation is 1. The van der Waals surface area contributed by atoms with E-state index < -0.39 is 0 Å². The standard InChI is InChI=1S/C16H17FN2O/c1-10-5-3-8-14(15(10)18)16(20)19-11(2)12-6-4-7-13(17)9-12/h3-9,11H,18H2,1-2H3,(H,19,20). The summed E-state index contributed by atoms with van der Waals surface area (Å²) in [4.78, 5) is 12.2. The number of benzene rings is 2. The highest BCUT2D eigenvalue weighted by atomic mass is 19.1. The number of rotatable bonds is 3. The van der Waals surface area contributed by atoms with Crippen molar-refractivity contribution >= 4 is 11.6 Å². The van der Waals surface area contributed by atoms with Gasteiger partial charge in [-0.05, 0) is 43.2 Å². The van der Waals surface area contributed by atoms with E-state index in [0.717, 1.165) is 5.56 Å². The summed E-state index contributed by atoms with van der Waals surface area (Å²) in [6, 6.07) is 11.2. The summed E-state index contributed by atoms with van der Waals surface area (Å²) in [5.41, 5.74) is 8.38. The van der Waals surface area contributed by atoms with Crippen LogP contribution in [0.4, 0.5) is 10.1 Å². The van der Waals surface area contributed by atoms with Crippen LogP contribution in [0.25, 0.3) is 0 Å². The third kappa shape index (κ3) is 2.96. The molecule has 0 spiro atoms. The van der Waals surface area contributed by atoms with E-state index in [-0.39, 0.29) is 17.8 Å². The summed E-state index contributed by atoms with van der Waals surface area (Å²) < 4.78 is 13.2. The average Bonchev–Trinajstić information content (AvgIpc) is 2.41. The van der Waals surface area contributed by atoms with Crippen molar-refractivity contribution in [3.8, 4) is 0 Å². The predicted molar refractivity (Wildman–Crippen MR) is 77.9 cm³/mol. The lowest BCUT2D eigenvalue weighted by atomic mass is 10.1. The quantitative estimate of drug-likeness (QED) is 0.843. The molecule has 0 aliphatic heterocycles. The summed E-state index contributed by atoms with van der Waals surface area (Å²) in [5, 5.41) is 2.82. The second kappa shape index (κ2) is 5.74. The lowest BCUT2D eigenvalue weighted by molar-refractivity contribution is 0.0940. The van der Waals surface area contributed by atoms with Crippen LogP contribution in [0.3, 0.4) is 0 Å². The van der Waals surface area contributed by atoms with E-state index in [9.17, 15) is 9.18 Å². The topological polar surface area (TPSA) is 55.1 Å². The second-order valence-electron chi connectivity index (χ2n) is 4.79. The fourth-order valence-electron chi connectivity index (χ4n) is 2.01. The molecule has 1 amide bonds. The molecule has 0 aliphatic carbocycles. The third-order valence-corrected chi connectivity index (χ3v) is 3.27. The summed E-state index contributed by atoms with van der Waals surface area (Å²) in [5.74, 6) is -0.582. The van der Waals surface area contributed by atoms with Gasteiger partial charge in [0.15, 0.2) is 0 Å². The van der Waals surface area contributed by atoms with E-state index in [2.05, 4.69) is 5.32 Å². The molecule has 104 valence electrons. The molecule has 0 heterocycles. The Labute approximate surface area is 117 Å². The molecule has 3 nitrogen and oxygen atoms in total. The molecule has 2 aromatic rings. The van der Waals surface area contributed by atoms with Crippen molar-refractivity contribution in [3.05, 3.63) is 65.0 Å². The maximum absolute atomic E-state index is 13.2. The number of hydrogen-bond donors (Lipinski definition) is 2. The van der Waals surface area contributed by atoms with Crippen LogP contribution in [0.15, 0.2) is 42.5 Å². The first-order valence-corrected chi connectivity index (χ1v) is 6.40. The summed E-state index contributed by atoms with van der Waals surface area (Å²) in [6.07, 6.45) is 0. The Bertz CT molecular complexity index is 640. The number of halogens is 1. The molecule has 20 heavy (non-hydrogen) atoms. The van der Waals surface area contributed by atoms with E-state index in [1.165, 1.54) is 12.1 Å². The monoisotopic (exact) mass is 272 g/mol. The van der Waals surface area contributed by atoms with Gasteiger partial charge in [-0.2, -0.15) is 0 Å². The van der Waals surface area contributed by atoms with Crippen LogP contribution in [0.2, 0.25) is 0 Å². The Morgan fingerprint density at radius 1 is 1.25 bits per heavy atom. The van der Waals surface area contributed by atoms with Crippen LogP contribution in [0.5, 0.6) is 0 Å². The third-order valence-electron chi connectivity index (χ3n) is 3.27. The lowest BCUT2D eigenvalue weighted by Gasteiger charge is -2.16. The first kappa shape index (κ1) is 14.1. The Morgan fingerprint density at radius 2 is 1.95 bits per heavy atom. The first-order valence-electron chi connectivity index (χ1n) is 6.40. The van der Waals surface area contributed by atoms with Gasteiger partial charge in [0.1, 0.15) is 5.82 Å². The van der Waals surface area contributed by atoms with Crippen LogP contribution in [0, 0.1) is 12.7 Å². The van der Waals surface area contributed by atoms with E-state index in [1.807, 2.05) is 13.0 Å². The minimum absolute atomic E-state index is 0.261. The van der Waals surface area contributed by atoms with Crippen LogP contribution in [-0.2, 0) is 0 Å². The molecule has 0 aliphatic rings. The number of amides is 1. The molecular weight excluding hydrogens is 255 g/mol. The molecule has 2 aromatic carbocycles. The van der Waals surface area contributed by atoms with E-state index in [1.54, 1.807) is 31.2 Å². The van der Waals surface area contributed by atoms with Gasteiger partial charge < -0.3 is 11.1 Å². The van der Waals surface area contributed by atoms with Crippen LogP contribution in [0.1, 0.15) is 34.5 Å². The van der Waals surface area contributed by atoms with Crippen LogP contribution in [-0.4, -0.2) is 5.91 Å². The zero-order valence-electron chi connectivity index (χ0n) is 11.5. The van der Waals surface area contributed by atoms with Gasteiger partial charge in [-0.1, -0.05) is 24.3 Å². The average molecular weight is 272 g/mol. The number of carbonyl (C=O) groups is 1. The van der Waals surface area contributed by atoms with Crippen LogP contribution >= 0.6 is 0 Å². The van der Waals surface area contributed by atoms with E-state index in [4.69, 9.17) is 5.73 Å².